The molecule has 0 unspecified atom stereocenters. The quantitative estimate of drug-likeness (QED) is 0.779. The largest absolute Gasteiger partial charge is 0.380 e. The first kappa shape index (κ1) is 14.3. The van der Waals surface area contributed by atoms with Crippen molar-refractivity contribution in [3.05, 3.63) is 0 Å². The maximum atomic E-state index is 5.57. The number of hydrogen-bond donors (Lipinski definition) is 1. The van der Waals surface area contributed by atoms with Gasteiger partial charge in [-0.1, -0.05) is 25.7 Å². The minimum absolute atomic E-state index is 0.523. The summed E-state index contributed by atoms with van der Waals surface area (Å²) in [7, 11) is 2.11. The van der Waals surface area contributed by atoms with Crippen LogP contribution in [0.1, 0.15) is 44.9 Å². The van der Waals surface area contributed by atoms with Crippen molar-refractivity contribution in [3.8, 4) is 0 Å². The molecule has 106 valence electrons. The zero-order chi connectivity index (χ0) is 12.7. The molecule has 0 aromatic heterocycles. The third kappa shape index (κ3) is 4.22. The van der Waals surface area contributed by atoms with Crippen LogP contribution < -0.4 is 5.32 Å². The Labute approximate surface area is 112 Å². The van der Waals surface area contributed by atoms with Gasteiger partial charge in [-0.15, -0.1) is 0 Å². The summed E-state index contributed by atoms with van der Waals surface area (Å²) in [5, 5.41) is 3.45. The van der Waals surface area contributed by atoms with Gasteiger partial charge in [0.05, 0.1) is 6.61 Å². The van der Waals surface area contributed by atoms with Gasteiger partial charge in [0, 0.05) is 32.8 Å². The fraction of sp³-hybridized carbons (Fsp3) is 1.00. The number of hydrogen-bond acceptors (Lipinski definition) is 3. The van der Waals surface area contributed by atoms with Gasteiger partial charge in [0.25, 0.3) is 0 Å². The summed E-state index contributed by atoms with van der Waals surface area (Å²) in [6.45, 7) is 6.70. The van der Waals surface area contributed by atoms with E-state index in [-0.39, 0.29) is 0 Å². The highest BCUT2D eigenvalue weighted by molar-refractivity contribution is 4.87. The van der Waals surface area contributed by atoms with E-state index in [1.54, 1.807) is 0 Å². The summed E-state index contributed by atoms with van der Waals surface area (Å²) in [6, 6.07) is 0. The van der Waals surface area contributed by atoms with Crippen LogP contribution >= 0.6 is 0 Å². The summed E-state index contributed by atoms with van der Waals surface area (Å²) >= 11 is 0. The molecular weight excluding hydrogens is 224 g/mol. The molecule has 1 saturated carbocycles. The second-order valence-electron chi connectivity index (χ2n) is 6.19. The predicted molar refractivity (Wildman–Crippen MR) is 75.9 cm³/mol. The van der Waals surface area contributed by atoms with E-state index in [9.17, 15) is 0 Å². The molecule has 3 heteroatoms. The van der Waals surface area contributed by atoms with Gasteiger partial charge in [-0.05, 0) is 31.7 Å². The molecule has 0 aromatic carbocycles. The highest BCUT2D eigenvalue weighted by Crippen LogP contribution is 2.35. The van der Waals surface area contributed by atoms with Crippen LogP contribution in [0.3, 0.4) is 0 Å². The Balaban J connectivity index is 1.94. The first-order valence-corrected chi connectivity index (χ1v) is 7.79. The molecule has 0 aromatic rings. The molecule has 1 aliphatic carbocycles. The smallest absolute Gasteiger partial charge is 0.0593 e. The molecular formula is C15H30N2O. The molecule has 0 bridgehead atoms. The van der Waals surface area contributed by atoms with Gasteiger partial charge in [-0.25, -0.2) is 0 Å². The van der Waals surface area contributed by atoms with Crippen LogP contribution in [0.25, 0.3) is 0 Å². The van der Waals surface area contributed by atoms with E-state index in [0.717, 1.165) is 19.8 Å². The number of nitrogens with zero attached hydrogens (tertiary/aromatic N) is 1. The summed E-state index contributed by atoms with van der Waals surface area (Å²) in [4.78, 5) is 2.65. The molecule has 2 rings (SSSR count). The third-order valence-corrected chi connectivity index (χ3v) is 4.59. The Bertz CT molecular complexity index is 217. The highest BCUT2D eigenvalue weighted by Gasteiger charge is 2.32. The lowest BCUT2D eigenvalue weighted by atomic mass is 9.79. The van der Waals surface area contributed by atoms with Crippen LogP contribution in [0, 0.1) is 5.41 Å². The molecule has 0 amide bonds. The Hall–Kier alpha value is -0.120. The minimum atomic E-state index is 0.523. The predicted octanol–water partition coefficient (Wildman–Crippen LogP) is 2.27. The van der Waals surface area contributed by atoms with Crippen molar-refractivity contribution in [3.63, 3.8) is 0 Å². The zero-order valence-corrected chi connectivity index (χ0v) is 12.0. The Morgan fingerprint density at radius 3 is 2.50 bits per heavy atom. The van der Waals surface area contributed by atoms with Gasteiger partial charge in [0.1, 0.15) is 0 Å². The van der Waals surface area contributed by atoms with E-state index in [4.69, 9.17) is 4.74 Å². The lowest BCUT2D eigenvalue weighted by molar-refractivity contribution is 0.112. The molecule has 18 heavy (non-hydrogen) atoms. The minimum Gasteiger partial charge on any atom is -0.380 e. The van der Waals surface area contributed by atoms with Crippen molar-refractivity contribution in [1.29, 1.82) is 0 Å². The molecule has 1 saturated heterocycles. The number of ether oxygens (including phenoxy) is 1. The van der Waals surface area contributed by atoms with Crippen LogP contribution in [-0.2, 0) is 4.74 Å². The second kappa shape index (κ2) is 7.46. The first-order valence-electron chi connectivity index (χ1n) is 7.79. The van der Waals surface area contributed by atoms with Crippen molar-refractivity contribution in [2.75, 3.05) is 46.4 Å². The summed E-state index contributed by atoms with van der Waals surface area (Å²) in [6.07, 6.45) is 9.74. The van der Waals surface area contributed by atoms with Crippen LogP contribution in [0.2, 0.25) is 0 Å². The first-order chi connectivity index (χ1) is 8.85. The van der Waals surface area contributed by atoms with Crippen LogP contribution in [0.5, 0.6) is 0 Å². The van der Waals surface area contributed by atoms with Crippen LogP contribution in [0.4, 0.5) is 0 Å². The van der Waals surface area contributed by atoms with Crippen molar-refractivity contribution in [2.24, 2.45) is 5.41 Å². The van der Waals surface area contributed by atoms with Gasteiger partial charge in [0.2, 0.25) is 0 Å². The monoisotopic (exact) mass is 254 g/mol. The number of nitrogens with one attached hydrogen (secondary N) is 1. The lowest BCUT2D eigenvalue weighted by Crippen LogP contribution is -2.44. The maximum Gasteiger partial charge on any atom is 0.0593 e. The fourth-order valence-electron chi connectivity index (χ4n) is 3.67. The highest BCUT2D eigenvalue weighted by atomic mass is 16.5. The Morgan fingerprint density at radius 1 is 1.00 bits per heavy atom. The van der Waals surface area contributed by atoms with E-state index >= 15 is 0 Å². The van der Waals surface area contributed by atoms with Crippen LogP contribution in [0.15, 0.2) is 0 Å². The average Bonchev–Trinajstić information content (AvgIpc) is 2.73. The lowest BCUT2D eigenvalue weighted by Gasteiger charge is -2.37. The normalized spacial score (nSPS) is 26.5. The van der Waals surface area contributed by atoms with Gasteiger partial charge < -0.3 is 15.0 Å². The van der Waals surface area contributed by atoms with E-state index in [1.165, 1.54) is 64.6 Å². The topological polar surface area (TPSA) is 24.5 Å². The molecule has 0 atom stereocenters. The second-order valence-corrected chi connectivity index (χ2v) is 6.19. The Morgan fingerprint density at radius 2 is 1.78 bits per heavy atom. The fourth-order valence-corrected chi connectivity index (χ4v) is 3.67. The summed E-state index contributed by atoms with van der Waals surface area (Å²) < 4.78 is 5.57. The molecule has 1 aliphatic heterocycles. The third-order valence-electron chi connectivity index (χ3n) is 4.59. The molecule has 2 fully saturated rings. The summed E-state index contributed by atoms with van der Waals surface area (Å²) in [5.74, 6) is 0. The van der Waals surface area contributed by atoms with E-state index in [2.05, 4.69) is 17.3 Å². The summed E-state index contributed by atoms with van der Waals surface area (Å²) in [5.41, 5.74) is 0.523. The van der Waals surface area contributed by atoms with Gasteiger partial charge in [-0.2, -0.15) is 0 Å². The van der Waals surface area contributed by atoms with Crippen molar-refractivity contribution in [1.82, 2.24) is 10.2 Å². The standard InChI is InChI=1S/C15H30N2O/c1-16-13-15(7-4-2-3-5-8-15)14-17-9-6-11-18-12-10-17/h16H,2-14H2,1H3. The van der Waals surface area contributed by atoms with E-state index in [1.807, 2.05) is 0 Å². The molecule has 1 heterocycles. The van der Waals surface area contributed by atoms with Crippen molar-refractivity contribution < 1.29 is 4.74 Å². The zero-order valence-electron chi connectivity index (χ0n) is 12.0. The van der Waals surface area contributed by atoms with E-state index < -0.39 is 0 Å². The van der Waals surface area contributed by atoms with E-state index in [0.29, 0.717) is 5.41 Å². The van der Waals surface area contributed by atoms with Crippen molar-refractivity contribution in [2.45, 2.75) is 44.9 Å². The molecule has 3 nitrogen and oxygen atoms in total. The maximum absolute atomic E-state index is 5.57. The average molecular weight is 254 g/mol. The molecule has 2 aliphatic rings. The van der Waals surface area contributed by atoms with Crippen molar-refractivity contribution >= 4 is 0 Å². The van der Waals surface area contributed by atoms with Gasteiger partial charge in [-0.3, -0.25) is 0 Å². The van der Waals surface area contributed by atoms with Gasteiger partial charge >= 0.3 is 0 Å². The molecule has 0 radical (unpaired) electrons. The molecule has 0 spiro atoms. The molecule has 1 N–H and O–H groups in total. The number of rotatable bonds is 4. The van der Waals surface area contributed by atoms with Gasteiger partial charge in [0.15, 0.2) is 0 Å². The SMILES string of the molecule is CNCC1(CN2CCCOCC2)CCCCCC1. The van der Waals surface area contributed by atoms with Crippen LogP contribution in [-0.4, -0.2) is 51.3 Å². The Kier molecular flexibility index (Phi) is 5.93.